The summed E-state index contributed by atoms with van der Waals surface area (Å²) in [7, 11) is 0. The van der Waals surface area contributed by atoms with E-state index in [-0.39, 0.29) is 0 Å². The lowest BCUT2D eigenvalue weighted by atomic mass is 9.93. The van der Waals surface area contributed by atoms with E-state index in [2.05, 4.69) is 39.8 Å². The van der Waals surface area contributed by atoms with Crippen molar-refractivity contribution < 1.29 is 0 Å². The molecule has 0 saturated carbocycles. The van der Waals surface area contributed by atoms with Gasteiger partial charge in [0, 0.05) is 6.04 Å². The summed E-state index contributed by atoms with van der Waals surface area (Å²) >= 11 is 0. The molecule has 1 unspecified atom stereocenters. The van der Waals surface area contributed by atoms with Crippen molar-refractivity contribution in [3.05, 3.63) is 34.4 Å². The van der Waals surface area contributed by atoms with Crippen LogP contribution in [0, 0.1) is 20.8 Å². The van der Waals surface area contributed by atoms with E-state index in [4.69, 9.17) is 5.73 Å². The van der Waals surface area contributed by atoms with Crippen LogP contribution in [0.4, 0.5) is 0 Å². The van der Waals surface area contributed by atoms with E-state index >= 15 is 0 Å². The molecule has 1 aromatic carbocycles. The van der Waals surface area contributed by atoms with E-state index in [0.717, 1.165) is 12.8 Å². The van der Waals surface area contributed by atoms with Gasteiger partial charge in [0.15, 0.2) is 0 Å². The first-order valence-corrected chi connectivity index (χ1v) is 5.87. The second kappa shape index (κ2) is 5.32. The van der Waals surface area contributed by atoms with Crippen molar-refractivity contribution in [2.75, 3.05) is 0 Å². The Morgan fingerprint density at radius 1 is 1.13 bits per heavy atom. The van der Waals surface area contributed by atoms with Crippen LogP contribution in [0.2, 0.25) is 0 Å². The van der Waals surface area contributed by atoms with Crippen LogP contribution in [0.25, 0.3) is 0 Å². The molecule has 1 nitrogen and oxygen atoms in total. The molecule has 0 heterocycles. The summed E-state index contributed by atoms with van der Waals surface area (Å²) in [6.45, 7) is 8.71. The number of aryl methyl sites for hydroxylation is 3. The topological polar surface area (TPSA) is 26.0 Å². The molecule has 15 heavy (non-hydrogen) atoms. The van der Waals surface area contributed by atoms with Crippen LogP contribution in [-0.2, 0) is 6.42 Å². The normalized spacial score (nSPS) is 12.9. The van der Waals surface area contributed by atoms with Gasteiger partial charge in [0.2, 0.25) is 0 Å². The Bertz CT molecular complexity index is 305. The lowest BCUT2D eigenvalue weighted by molar-refractivity contribution is 0.597. The molecule has 0 aliphatic rings. The van der Waals surface area contributed by atoms with E-state index in [1.54, 1.807) is 0 Å². The Balaban J connectivity index is 2.85. The summed E-state index contributed by atoms with van der Waals surface area (Å²) in [5.41, 5.74) is 11.7. The van der Waals surface area contributed by atoms with Crippen molar-refractivity contribution in [3.63, 3.8) is 0 Å². The molecule has 0 bridgehead atoms. The molecule has 0 radical (unpaired) electrons. The summed E-state index contributed by atoms with van der Waals surface area (Å²) in [6, 6.07) is 4.82. The van der Waals surface area contributed by atoms with Gasteiger partial charge in [0.25, 0.3) is 0 Å². The van der Waals surface area contributed by atoms with Crippen LogP contribution in [-0.4, -0.2) is 6.04 Å². The molecule has 0 aliphatic heterocycles. The van der Waals surface area contributed by atoms with Gasteiger partial charge in [-0.1, -0.05) is 31.0 Å². The average Bonchev–Trinajstić information content (AvgIpc) is 2.11. The molecule has 2 N–H and O–H groups in total. The van der Waals surface area contributed by atoms with E-state index in [1.165, 1.54) is 28.7 Å². The quantitative estimate of drug-likeness (QED) is 0.802. The van der Waals surface area contributed by atoms with E-state index in [9.17, 15) is 0 Å². The SMILES string of the molecule is CCCC(N)Cc1c(C)cc(C)cc1C. The molecule has 1 aromatic rings. The van der Waals surface area contributed by atoms with Crippen molar-refractivity contribution >= 4 is 0 Å². The first-order chi connectivity index (χ1) is 7.04. The lowest BCUT2D eigenvalue weighted by Crippen LogP contribution is -2.23. The summed E-state index contributed by atoms with van der Waals surface area (Å²) in [6.07, 6.45) is 3.31. The maximum absolute atomic E-state index is 6.09. The second-order valence-corrected chi connectivity index (χ2v) is 4.63. The van der Waals surface area contributed by atoms with Crippen LogP contribution in [0.15, 0.2) is 12.1 Å². The van der Waals surface area contributed by atoms with Gasteiger partial charge in [-0.2, -0.15) is 0 Å². The standard InChI is InChI=1S/C14H23N/c1-5-6-13(15)9-14-11(3)7-10(2)8-12(14)4/h7-8,13H,5-6,9,15H2,1-4H3. The maximum Gasteiger partial charge on any atom is 0.00794 e. The fourth-order valence-corrected chi connectivity index (χ4v) is 2.27. The third-order valence-electron chi connectivity index (χ3n) is 2.97. The Labute approximate surface area is 93.7 Å². The summed E-state index contributed by atoms with van der Waals surface area (Å²) in [5, 5.41) is 0. The zero-order chi connectivity index (χ0) is 11.4. The van der Waals surface area contributed by atoms with Gasteiger partial charge in [0.05, 0.1) is 0 Å². The predicted octanol–water partition coefficient (Wildman–Crippen LogP) is 3.28. The third kappa shape index (κ3) is 3.35. The number of benzene rings is 1. The highest BCUT2D eigenvalue weighted by Crippen LogP contribution is 2.18. The average molecular weight is 205 g/mol. The molecule has 1 heteroatoms. The summed E-state index contributed by atoms with van der Waals surface area (Å²) in [4.78, 5) is 0. The van der Waals surface area contributed by atoms with E-state index in [1.807, 2.05) is 0 Å². The smallest absolute Gasteiger partial charge is 0.00794 e. The molecule has 0 aromatic heterocycles. The van der Waals surface area contributed by atoms with Gasteiger partial charge in [-0.25, -0.2) is 0 Å². The predicted molar refractivity (Wildman–Crippen MR) is 67.2 cm³/mol. The molecule has 1 atom stereocenters. The van der Waals surface area contributed by atoms with Gasteiger partial charge < -0.3 is 5.73 Å². The first kappa shape index (κ1) is 12.3. The number of hydrogen-bond acceptors (Lipinski definition) is 1. The molecule has 0 aliphatic carbocycles. The van der Waals surface area contributed by atoms with E-state index < -0.39 is 0 Å². The molecule has 0 fully saturated rings. The van der Waals surface area contributed by atoms with Crippen LogP contribution in [0.5, 0.6) is 0 Å². The minimum Gasteiger partial charge on any atom is -0.327 e. The third-order valence-corrected chi connectivity index (χ3v) is 2.97. The Kier molecular flexibility index (Phi) is 4.34. The van der Waals surface area contributed by atoms with Gasteiger partial charge in [-0.15, -0.1) is 0 Å². The molecule has 0 amide bonds. The van der Waals surface area contributed by atoms with Gasteiger partial charge in [-0.05, 0) is 50.3 Å². The fraction of sp³-hybridized carbons (Fsp3) is 0.571. The van der Waals surface area contributed by atoms with Crippen molar-refractivity contribution in [3.8, 4) is 0 Å². The molecule has 0 spiro atoms. The highest BCUT2D eigenvalue weighted by molar-refractivity contribution is 5.37. The second-order valence-electron chi connectivity index (χ2n) is 4.63. The van der Waals surface area contributed by atoms with Crippen LogP contribution < -0.4 is 5.73 Å². The Hall–Kier alpha value is -0.820. The van der Waals surface area contributed by atoms with Crippen LogP contribution in [0.1, 0.15) is 42.0 Å². The maximum atomic E-state index is 6.09. The number of nitrogens with two attached hydrogens (primary N) is 1. The first-order valence-electron chi connectivity index (χ1n) is 5.87. The lowest BCUT2D eigenvalue weighted by Gasteiger charge is -2.15. The highest BCUT2D eigenvalue weighted by Gasteiger charge is 2.08. The molecular formula is C14H23N. The van der Waals surface area contributed by atoms with Crippen molar-refractivity contribution in [2.24, 2.45) is 5.73 Å². The van der Waals surface area contributed by atoms with Crippen molar-refractivity contribution in [1.82, 2.24) is 0 Å². The largest absolute Gasteiger partial charge is 0.327 e. The van der Waals surface area contributed by atoms with E-state index in [0.29, 0.717) is 6.04 Å². The Morgan fingerprint density at radius 2 is 1.67 bits per heavy atom. The van der Waals surface area contributed by atoms with Gasteiger partial charge in [0.1, 0.15) is 0 Å². The number of rotatable bonds is 4. The van der Waals surface area contributed by atoms with Gasteiger partial charge >= 0.3 is 0 Å². The highest BCUT2D eigenvalue weighted by atomic mass is 14.6. The molecule has 84 valence electrons. The molecule has 0 saturated heterocycles. The van der Waals surface area contributed by atoms with Crippen molar-refractivity contribution in [2.45, 2.75) is 53.0 Å². The van der Waals surface area contributed by atoms with Gasteiger partial charge in [-0.3, -0.25) is 0 Å². The summed E-state index contributed by atoms with van der Waals surface area (Å²) in [5.74, 6) is 0. The Morgan fingerprint density at radius 3 is 2.13 bits per heavy atom. The molecular weight excluding hydrogens is 182 g/mol. The van der Waals surface area contributed by atoms with Crippen LogP contribution in [0.3, 0.4) is 0 Å². The van der Waals surface area contributed by atoms with Crippen molar-refractivity contribution in [1.29, 1.82) is 0 Å². The summed E-state index contributed by atoms with van der Waals surface area (Å²) < 4.78 is 0. The minimum absolute atomic E-state index is 0.315. The zero-order valence-corrected chi connectivity index (χ0v) is 10.4. The minimum atomic E-state index is 0.315. The monoisotopic (exact) mass is 205 g/mol. The zero-order valence-electron chi connectivity index (χ0n) is 10.4. The fourth-order valence-electron chi connectivity index (χ4n) is 2.27. The molecule has 1 rings (SSSR count). The number of hydrogen-bond donors (Lipinski definition) is 1. The van der Waals surface area contributed by atoms with Crippen LogP contribution >= 0.6 is 0 Å².